The van der Waals surface area contributed by atoms with E-state index in [0.29, 0.717) is 25.2 Å². The lowest BCUT2D eigenvalue weighted by Crippen LogP contribution is -2.45. The fourth-order valence-corrected chi connectivity index (χ4v) is 2.22. The number of ether oxygens (including phenoxy) is 1. The third kappa shape index (κ3) is 10.4. The average Bonchev–Trinajstić information content (AvgIpc) is 2.50. The van der Waals surface area contributed by atoms with Gasteiger partial charge >= 0.3 is 0 Å². The lowest BCUT2D eigenvalue weighted by molar-refractivity contribution is 0.0487. The standard InChI is InChI=1S/C14H29N3O.HI/c1-14(2,3)17-13(15)16-10-11-18-12-8-6-4-5-7-9-12;/h12H,4-11H2,1-3H3,(H3,15,16,17);1H. The molecule has 114 valence electrons. The summed E-state index contributed by atoms with van der Waals surface area (Å²) in [5, 5.41) is 3.14. The van der Waals surface area contributed by atoms with Crippen LogP contribution >= 0.6 is 24.0 Å². The van der Waals surface area contributed by atoms with E-state index < -0.39 is 0 Å². The number of hydrogen-bond acceptors (Lipinski definition) is 2. The molecule has 0 aromatic rings. The Morgan fingerprint density at radius 1 is 1.21 bits per heavy atom. The number of halogens is 1. The molecule has 1 aliphatic rings. The van der Waals surface area contributed by atoms with Crippen molar-refractivity contribution in [2.24, 2.45) is 10.7 Å². The van der Waals surface area contributed by atoms with E-state index in [4.69, 9.17) is 10.5 Å². The van der Waals surface area contributed by atoms with Gasteiger partial charge in [0.25, 0.3) is 0 Å². The maximum Gasteiger partial charge on any atom is 0.189 e. The summed E-state index contributed by atoms with van der Waals surface area (Å²) in [6.45, 7) is 7.52. The molecule has 19 heavy (non-hydrogen) atoms. The van der Waals surface area contributed by atoms with Gasteiger partial charge in [-0.2, -0.15) is 0 Å². The number of guanidine groups is 1. The summed E-state index contributed by atoms with van der Waals surface area (Å²) >= 11 is 0. The van der Waals surface area contributed by atoms with Crippen LogP contribution in [0.15, 0.2) is 4.99 Å². The molecule has 0 atom stereocenters. The molecule has 1 aliphatic carbocycles. The Balaban J connectivity index is 0.00000324. The summed E-state index contributed by atoms with van der Waals surface area (Å²) in [5.41, 5.74) is 5.76. The SMILES string of the molecule is CC(C)(C)NC(N)=NCCOC1CCCCCC1.I. The highest BCUT2D eigenvalue weighted by Crippen LogP contribution is 2.19. The minimum Gasteiger partial charge on any atom is -0.376 e. The molecule has 1 fully saturated rings. The van der Waals surface area contributed by atoms with Crippen molar-refractivity contribution in [3.8, 4) is 0 Å². The van der Waals surface area contributed by atoms with Crippen LogP contribution < -0.4 is 11.1 Å². The van der Waals surface area contributed by atoms with E-state index >= 15 is 0 Å². The number of hydrogen-bond donors (Lipinski definition) is 2. The van der Waals surface area contributed by atoms with Crippen LogP contribution in [0.5, 0.6) is 0 Å². The van der Waals surface area contributed by atoms with E-state index in [0.717, 1.165) is 0 Å². The van der Waals surface area contributed by atoms with Crippen molar-refractivity contribution in [2.75, 3.05) is 13.2 Å². The number of nitrogens with two attached hydrogens (primary N) is 1. The van der Waals surface area contributed by atoms with Gasteiger partial charge in [-0.05, 0) is 33.6 Å². The van der Waals surface area contributed by atoms with Gasteiger partial charge in [-0.25, -0.2) is 0 Å². The summed E-state index contributed by atoms with van der Waals surface area (Å²) < 4.78 is 5.85. The molecule has 1 rings (SSSR count). The van der Waals surface area contributed by atoms with Gasteiger partial charge in [-0.15, -0.1) is 24.0 Å². The summed E-state index contributed by atoms with van der Waals surface area (Å²) in [7, 11) is 0. The van der Waals surface area contributed by atoms with Crippen LogP contribution in [0.1, 0.15) is 59.3 Å². The van der Waals surface area contributed by atoms with Crippen molar-refractivity contribution in [2.45, 2.75) is 70.9 Å². The third-order valence-corrected chi connectivity index (χ3v) is 3.03. The molecule has 0 unspecified atom stereocenters. The highest BCUT2D eigenvalue weighted by atomic mass is 127. The lowest BCUT2D eigenvalue weighted by Gasteiger charge is -2.21. The number of nitrogens with one attached hydrogen (secondary N) is 1. The minimum absolute atomic E-state index is 0. The van der Waals surface area contributed by atoms with E-state index in [1.54, 1.807) is 0 Å². The molecular formula is C14H30IN3O. The molecule has 0 aliphatic heterocycles. The van der Waals surface area contributed by atoms with Gasteiger partial charge in [0.1, 0.15) is 0 Å². The van der Waals surface area contributed by atoms with Crippen LogP contribution in [0.4, 0.5) is 0 Å². The molecule has 0 spiro atoms. The predicted octanol–water partition coefficient (Wildman–Crippen LogP) is 3.05. The second kappa shape index (κ2) is 9.80. The van der Waals surface area contributed by atoms with Crippen LogP contribution in [-0.2, 0) is 4.74 Å². The molecule has 0 bridgehead atoms. The maximum atomic E-state index is 5.85. The second-order valence-electron chi connectivity index (χ2n) is 6.13. The van der Waals surface area contributed by atoms with Crippen molar-refractivity contribution in [3.05, 3.63) is 0 Å². The van der Waals surface area contributed by atoms with Gasteiger partial charge in [0.05, 0.1) is 19.3 Å². The molecule has 5 heteroatoms. The van der Waals surface area contributed by atoms with Crippen LogP contribution in [0, 0.1) is 0 Å². The zero-order valence-electron chi connectivity index (χ0n) is 12.6. The quantitative estimate of drug-likeness (QED) is 0.258. The smallest absolute Gasteiger partial charge is 0.189 e. The highest BCUT2D eigenvalue weighted by Gasteiger charge is 2.12. The van der Waals surface area contributed by atoms with Crippen LogP contribution in [0.2, 0.25) is 0 Å². The van der Waals surface area contributed by atoms with E-state index in [1.807, 2.05) is 0 Å². The van der Waals surface area contributed by atoms with Gasteiger partial charge in [-0.3, -0.25) is 4.99 Å². The van der Waals surface area contributed by atoms with Crippen molar-refractivity contribution < 1.29 is 4.74 Å². The molecule has 0 amide bonds. The van der Waals surface area contributed by atoms with E-state index in [1.165, 1.54) is 38.5 Å². The second-order valence-corrected chi connectivity index (χ2v) is 6.13. The minimum atomic E-state index is -0.0320. The number of rotatable bonds is 4. The summed E-state index contributed by atoms with van der Waals surface area (Å²) in [4.78, 5) is 4.28. The Labute approximate surface area is 135 Å². The van der Waals surface area contributed by atoms with Gasteiger partial charge in [0, 0.05) is 5.54 Å². The maximum absolute atomic E-state index is 5.85. The van der Waals surface area contributed by atoms with Crippen LogP contribution in [-0.4, -0.2) is 30.8 Å². The monoisotopic (exact) mass is 383 g/mol. The van der Waals surface area contributed by atoms with E-state index in [9.17, 15) is 0 Å². The average molecular weight is 383 g/mol. The van der Waals surface area contributed by atoms with Crippen LogP contribution in [0.3, 0.4) is 0 Å². The number of nitrogens with zero attached hydrogens (tertiary/aromatic N) is 1. The van der Waals surface area contributed by atoms with Gasteiger partial charge in [-0.1, -0.05) is 25.7 Å². The number of aliphatic imine (C=N–C) groups is 1. The lowest BCUT2D eigenvalue weighted by atomic mass is 10.1. The molecule has 4 nitrogen and oxygen atoms in total. The predicted molar refractivity (Wildman–Crippen MR) is 92.2 cm³/mol. The van der Waals surface area contributed by atoms with Crippen molar-refractivity contribution in [3.63, 3.8) is 0 Å². The molecule has 0 aromatic heterocycles. The molecule has 3 N–H and O–H groups in total. The fourth-order valence-electron chi connectivity index (χ4n) is 2.22. The Morgan fingerprint density at radius 2 is 1.79 bits per heavy atom. The third-order valence-electron chi connectivity index (χ3n) is 3.03. The van der Waals surface area contributed by atoms with Crippen LogP contribution in [0.25, 0.3) is 0 Å². The van der Waals surface area contributed by atoms with Gasteiger partial charge in [0.15, 0.2) is 5.96 Å². The first kappa shape index (κ1) is 19.0. The molecule has 0 saturated heterocycles. The summed E-state index contributed by atoms with van der Waals surface area (Å²) in [5.74, 6) is 0.506. The zero-order chi connectivity index (χ0) is 13.4. The Hall–Kier alpha value is -0.0400. The molecule has 0 heterocycles. The van der Waals surface area contributed by atoms with Crippen molar-refractivity contribution in [1.29, 1.82) is 0 Å². The first-order chi connectivity index (χ1) is 8.47. The zero-order valence-corrected chi connectivity index (χ0v) is 14.9. The largest absolute Gasteiger partial charge is 0.376 e. The Kier molecular flexibility index (Phi) is 9.78. The first-order valence-electron chi connectivity index (χ1n) is 7.17. The molecular weight excluding hydrogens is 353 g/mol. The summed E-state index contributed by atoms with van der Waals surface area (Å²) in [6, 6.07) is 0. The van der Waals surface area contributed by atoms with Gasteiger partial charge in [0.2, 0.25) is 0 Å². The van der Waals surface area contributed by atoms with Crippen molar-refractivity contribution in [1.82, 2.24) is 5.32 Å². The van der Waals surface area contributed by atoms with E-state index in [-0.39, 0.29) is 29.5 Å². The van der Waals surface area contributed by atoms with E-state index in [2.05, 4.69) is 31.1 Å². The molecule has 0 radical (unpaired) electrons. The van der Waals surface area contributed by atoms with Gasteiger partial charge < -0.3 is 15.8 Å². The topological polar surface area (TPSA) is 59.6 Å². The highest BCUT2D eigenvalue weighted by molar-refractivity contribution is 14.0. The van der Waals surface area contributed by atoms with Crippen molar-refractivity contribution >= 4 is 29.9 Å². The normalized spacial score (nSPS) is 18.6. The summed E-state index contributed by atoms with van der Waals surface area (Å²) in [6.07, 6.45) is 8.20. The molecule has 1 saturated carbocycles. The Bertz CT molecular complexity index is 256. The first-order valence-corrected chi connectivity index (χ1v) is 7.17. The molecule has 0 aromatic carbocycles. The Morgan fingerprint density at radius 3 is 2.32 bits per heavy atom. The fraction of sp³-hybridized carbons (Fsp3) is 0.929.